The van der Waals surface area contributed by atoms with E-state index in [1.165, 1.54) is 17.4 Å². The highest BCUT2D eigenvalue weighted by atomic mass is 32.2. The van der Waals surface area contributed by atoms with Crippen molar-refractivity contribution in [3.63, 3.8) is 0 Å². The first-order valence-corrected chi connectivity index (χ1v) is 17.5. The van der Waals surface area contributed by atoms with Crippen molar-refractivity contribution in [1.82, 2.24) is 19.9 Å². The zero-order chi connectivity index (χ0) is 34.6. The number of amides is 3. The molecule has 2 unspecified atom stereocenters. The van der Waals surface area contributed by atoms with Gasteiger partial charge >= 0.3 is 18.3 Å². The molecule has 15 heteroatoms. The largest absolute Gasteiger partial charge is 0.447 e. The summed E-state index contributed by atoms with van der Waals surface area (Å²) in [6, 6.07) is 3.73. The Bertz CT molecular complexity index is 1510. The minimum atomic E-state index is -4.07. The van der Waals surface area contributed by atoms with Gasteiger partial charge in [-0.15, -0.1) is 11.3 Å². The lowest BCUT2D eigenvalue weighted by molar-refractivity contribution is 0.00490. The van der Waals surface area contributed by atoms with E-state index < -0.39 is 45.5 Å². The van der Waals surface area contributed by atoms with Crippen molar-refractivity contribution in [1.29, 1.82) is 0 Å². The van der Waals surface area contributed by atoms with Crippen LogP contribution >= 0.6 is 11.3 Å². The van der Waals surface area contributed by atoms with E-state index in [1.54, 1.807) is 92.5 Å². The predicted molar refractivity (Wildman–Crippen MR) is 176 cm³/mol. The molecule has 2 aromatic rings. The monoisotopic (exact) mass is 681 g/mol. The maximum Gasteiger partial charge on any atom is 0.411 e. The second-order valence-electron chi connectivity index (χ2n) is 13.7. The molecule has 256 valence electrons. The number of hydrogen-bond acceptors (Lipinski definition) is 10. The van der Waals surface area contributed by atoms with Crippen LogP contribution in [-0.4, -0.2) is 72.5 Å². The normalized spacial score (nSPS) is 17.5. The molecule has 46 heavy (non-hydrogen) atoms. The van der Waals surface area contributed by atoms with Gasteiger partial charge in [-0.25, -0.2) is 32.5 Å². The number of likely N-dealkylation sites (tertiary alicyclic amines) is 1. The summed E-state index contributed by atoms with van der Waals surface area (Å²) in [5.74, 6) is 0. The van der Waals surface area contributed by atoms with Gasteiger partial charge in [-0.2, -0.15) is 0 Å². The van der Waals surface area contributed by atoms with Crippen LogP contribution in [0.25, 0.3) is 10.4 Å². The van der Waals surface area contributed by atoms with Gasteiger partial charge in [-0.1, -0.05) is 6.07 Å². The average molecular weight is 682 g/mol. The standard InChI is InChI=1S/C31H47N5O8S2/c1-18(2)42-27(37)33-20-11-13-22(25(15-20)46(40,41)35-30(5,6)7)24-16-32-26(45-24)23-14-12-21(34-28(38)43-19(3)4)17-36(23)29(39)44-31(8,9)10/h11,13,15-16,18-19,21,23,35H,12,14,17H2,1-10H3,(H,33,37)(H,34,38). The molecular formula is C31H47N5O8S2. The summed E-state index contributed by atoms with van der Waals surface area (Å²) in [5.41, 5.74) is -0.921. The number of thiazole rings is 1. The summed E-state index contributed by atoms with van der Waals surface area (Å²) in [6.07, 6.45) is 0.109. The highest BCUT2D eigenvalue weighted by Crippen LogP contribution is 2.40. The van der Waals surface area contributed by atoms with E-state index in [0.717, 1.165) is 0 Å². The van der Waals surface area contributed by atoms with E-state index in [2.05, 4.69) is 20.3 Å². The molecule has 1 saturated heterocycles. The summed E-state index contributed by atoms with van der Waals surface area (Å²) in [7, 11) is -4.07. The molecule has 1 aromatic carbocycles. The minimum absolute atomic E-state index is 0.0551. The molecule has 13 nitrogen and oxygen atoms in total. The van der Waals surface area contributed by atoms with Gasteiger partial charge in [0.15, 0.2) is 0 Å². The van der Waals surface area contributed by atoms with Crippen LogP contribution in [0.1, 0.15) is 93.1 Å². The molecule has 0 saturated carbocycles. The number of aromatic nitrogens is 1. The fourth-order valence-electron chi connectivity index (χ4n) is 4.69. The number of carbonyl (C=O) groups is 3. The van der Waals surface area contributed by atoms with Gasteiger partial charge in [0, 0.05) is 29.5 Å². The Balaban J connectivity index is 1.99. The number of hydrogen-bond donors (Lipinski definition) is 3. The molecule has 2 heterocycles. The fraction of sp³-hybridized carbons (Fsp3) is 0.613. The first-order valence-electron chi connectivity index (χ1n) is 15.2. The first-order chi connectivity index (χ1) is 21.1. The Morgan fingerprint density at radius 2 is 1.61 bits per heavy atom. The molecule has 1 fully saturated rings. The molecule has 0 bridgehead atoms. The Kier molecular flexibility index (Phi) is 11.7. The lowest BCUT2D eigenvalue weighted by Gasteiger charge is -2.39. The average Bonchev–Trinajstić information content (AvgIpc) is 3.35. The molecule has 3 rings (SSSR count). The number of carbonyl (C=O) groups excluding carboxylic acids is 3. The van der Waals surface area contributed by atoms with Gasteiger partial charge in [0.2, 0.25) is 10.0 Å². The zero-order valence-electron chi connectivity index (χ0n) is 28.2. The number of nitrogens with zero attached hydrogens (tertiary/aromatic N) is 2. The van der Waals surface area contributed by atoms with E-state index in [9.17, 15) is 22.8 Å². The highest BCUT2D eigenvalue weighted by Gasteiger charge is 2.38. The third-order valence-corrected chi connectivity index (χ3v) is 9.18. The van der Waals surface area contributed by atoms with Crippen LogP contribution in [0.3, 0.4) is 0 Å². The molecule has 3 amide bonds. The highest BCUT2D eigenvalue weighted by molar-refractivity contribution is 7.89. The first kappa shape index (κ1) is 37.0. The van der Waals surface area contributed by atoms with Crippen LogP contribution in [0, 0.1) is 0 Å². The number of rotatable bonds is 8. The Hall–Kier alpha value is -3.43. The van der Waals surface area contributed by atoms with Crippen LogP contribution in [0.2, 0.25) is 0 Å². The third-order valence-electron chi connectivity index (χ3n) is 6.25. The second kappa shape index (κ2) is 14.6. The van der Waals surface area contributed by atoms with Crippen molar-refractivity contribution in [3.8, 4) is 10.4 Å². The van der Waals surface area contributed by atoms with Crippen molar-refractivity contribution < 1.29 is 37.0 Å². The number of piperidine rings is 1. The third kappa shape index (κ3) is 10.8. The van der Waals surface area contributed by atoms with Crippen LogP contribution in [0.5, 0.6) is 0 Å². The number of benzene rings is 1. The van der Waals surface area contributed by atoms with Crippen LogP contribution < -0.4 is 15.4 Å². The van der Waals surface area contributed by atoms with E-state index in [0.29, 0.717) is 28.3 Å². The van der Waals surface area contributed by atoms with Gasteiger partial charge < -0.3 is 19.5 Å². The molecule has 1 aliphatic heterocycles. The number of ether oxygens (including phenoxy) is 3. The molecule has 2 atom stereocenters. The Morgan fingerprint density at radius 1 is 0.978 bits per heavy atom. The number of nitrogens with one attached hydrogen (secondary N) is 3. The maximum absolute atomic E-state index is 13.6. The van der Waals surface area contributed by atoms with Crippen molar-refractivity contribution in [3.05, 3.63) is 29.4 Å². The second-order valence-corrected chi connectivity index (χ2v) is 16.4. The van der Waals surface area contributed by atoms with Crippen LogP contribution in [0.15, 0.2) is 29.3 Å². The fourth-order valence-corrected chi connectivity index (χ4v) is 7.53. The van der Waals surface area contributed by atoms with Gasteiger partial charge in [0.05, 0.1) is 34.1 Å². The lowest BCUT2D eigenvalue weighted by atomic mass is 9.99. The molecule has 1 aliphatic rings. The SMILES string of the molecule is CC(C)OC(=O)Nc1ccc(-c2cnc(C3CCC(NC(=O)OC(C)C)CN3C(=O)OC(C)(C)C)s2)c(S(=O)(=O)NC(C)(C)C)c1. The molecule has 0 spiro atoms. The Labute approximate surface area is 275 Å². The number of anilines is 1. The predicted octanol–water partition coefficient (Wildman–Crippen LogP) is 6.42. The van der Waals surface area contributed by atoms with Gasteiger partial charge in [-0.05, 0) is 94.2 Å². The van der Waals surface area contributed by atoms with Crippen LogP contribution in [-0.2, 0) is 24.2 Å². The summed E-state index contributed by atoms with van der Waals surface area (Å²) >= 11 is 1.25. The number of alkyl carbamates (subject to hydrolysis) is 1. The van der Waals surface area contributed by atoms with Crippen molar-refractivity contribution in [2.24, 2.45) is 0 Å². The molecule has 3 N–H and O–H groups in total. The van der Waals surface area contributed by atoms with Crippen molar-refractivity contribution in [2.75, 3.05) is 11.9 Å². The van der Waals surface area contributed by atoms with Gasteiger partial charge in [0.1, 0.15) is 10.6 Å². The van der Waals surface area contributed by atoms with Crippen molar-refractivity contribution in [2.45, 2.75) is 122 Å². The van der Waals surface area contributed by atoms with E-state index >= 15 is 0 Å². The van der Waals surface area contributed by atoms with E-state index in [4.69, 9.17) is 14.2 Å². The van der Waals surface area contributed by atoms with Gasteiger partial charge in [-0.3, -0.25) is 10.2 Å². The molecule has 0 aliphatic carbocycles. The van der Waals surface area contributed by atoms with Gasteiger partial charge in [0.25, 0.3) is 0 Å². The summed E-state index contributed by atoms with van der Waals surface area (Å²) in [6.45, 7) is 17.6. The van der Waals surface area contributed by atoms with E-state index in [-0.39, 0.29) is 35.4 Å². The maximum atomic E-state index is 13.6. The topological polar surface area (TPSA) is 165 Å². The van der Waals surface area contributed by atoms with Crippen molar-refractivity contribution >= 4 is 45.3 Å². The van der Waals surface area contributed by atoms with Crippen LogP contribution in [0.4, 0.5) is 20.1 Å². The summed E-state index contributed by atoms with van der Waals surface area (Å²) < 4.78 is 46.1. The summed E-state index contributed by atoms with van der Waals surface area (Å²) in [4.78, 5) is 44.6. The quantitative estimate of drug-likeness (QED) is 0.267. The lowest BCUT2D eigenvalue weighted by Crippen LogP contribution is -2.52. The smallest absolute Gasteiger partial charge is 0.411 e. The molecular weight excluding hydrogens is 635 g/mol. The molecule has 1 aromatic heterocycles. The number of sulfonamides is 1. The summed E-state index contributed by atoms with van der Waals surface area (Å²) in [5, 5.41) is 6.00. The molecule has 0 radical (unpaired) electrons. The Morgan fingerprint density at radius 3 is 2.20 bits per heavy atom. The zero-order valence-corrected chi connectivity index (χ0v) is 29.9. The van der Waals surface area contributed by atoms with E-state index in [1.807, 2.05) is 0 Å². The minimum Gasteiger partial charge on any atom is -0.447 e.